The molecule has 5 heteroatoms. The van der Waals surface area contributed by atoms with Gasteiger partial charge in [-0.15, -0.1) is 0 Å². The van der Waals surface area contributed by atoms with Crippen LogP contribution in [0.1, 0.15) is 56.9 Å². The summed E-state index contributed by atoms with van der Waals surface area (Å²) in [7, 11) is 0. The lowest BCUT2D eigenvalue weighted by molar-refractivity contribution is 0.210. The second-order valence-electron chi connectivity index (χ2n) is 7.28. The van der Waals surface area contributed by atoms with E-state index in [4.69, 9.17) is 14.3 Å². The van der Waals surface area contributed by atoms with Gasteiger partial charge >= 0.3 is 0 Å². The molecule has 0 aliphatic heterocycles. The number of rotatable bonds is 9. The molecule has 27 heavy (non-hydrogen) atoms. The molecule has 2 aromatic rings. The third kappa shape index (κ3) is 5.42. The molecule has 0 saturated heterocycles. The van der Waals surface area contributed by atoms with E-state index in [2.05, 4.69) is 4.99 Å². The Labute approximate surface area is 160 Å². The molecule has 0 radical (unpaired) electrons. The lowest BCUT2D eigenvalue weighted by Gasteiger charge is -2.21. The van der Waals surface area contributed by atoms with Gasteiger partial charge in [-0.2, -0.15) is 0 Å². The normalized spacial score (nSPS) is 15.6. The smallest absolute Gasteiger partial charge is 0.205 e. The Morgan fingerprint density at radius 3 is 2.85 bits per heavy atom. The number of benzene rings is 1. The first-order chi connectivity index (χ1) is 13.3. The molecule has 1 aromatic heterocycles. The molecule has 1 fully saturated rings. The molecule has 3 rings (SSSR count). The summed E-state index contributed by atoms with van der Waals surface area (Å²) in [5.41, 5.74) is 0.884. The van der Waals surface area contributed by atoms with E-state index in [1.807, 2.05) is 12.1 Å². The van der Waals surface area contributed by atoms with Crippen LogP contribution in [0.3, 0.4) is 0 Å². The highest BCUT2D eigenvalue weighted by Crippen LogP contribution is 2.27. The van der Waals surface area contributed by atoms with Crippen molar-refractivity contribution in [3.63, 3.8) is 0 Å². The molecule has 0 spiro atoms. The minimum atomic E-state index is -0.102. The first-order valence-corrected chi connectivity index (χ1v) is 10.1. The van der Waals surface area contributed by atoms with Gasteiger partial charge in [0.2, 0.25) is 5.43 Å². The van der Waals surface area contributed by atoms with Crippen molar-refractivity contribution in [1.82, 2.24) is 0 Å². The predicted octanol–water partition coefficient (Wildman–Crippen LogP) is 4.33. The van der Waals surface area contributed by atoms with Gasteiger partial charge in [-0.3, -0.25) is 9.79 Å². The molecule has 0 unspecified atom stereocenters. The zero-order valence-electron chi connectivity index (χ0n) is 15.9. The summed E-state index contributed by atoms with van der Waals surface area (Å²) in [5, 5.41) is 9.28. The number of aliphatic hydroxyl groups is 1. The molecular weight excluding hydrogens is 342 g/mol. The van der Waals surface area contributed by atoms with Gasteiger partial charge in [0.15, 0.2) is 0 Å². The zero-order valence-corrected chi connectivity index (χ0v) is 15.9. The van der Waals surface area contributed by atoms with E-state index in [-0.39, 0.29) is 12.0 Å². The maximum absolute atomic E-state index is 12.9. The lowest BCUT2D eigenvalue weighted by Crippen LogP contribution is -2.16. The van der Waals surface area contributed by atoms with Crippen LogP contribution >= 0.6 is 0 Å². The summed E-state index contributed by atoms with van der Waals surface area (Å²) < 4.78 is 11.7. The largest absolute Gasteiger partial charge is 0.492 e. The second-order valence-corrected chi connectivity index (χ2v) is 7.28. The molecule has 5 nitrogen and oxygen atoms in total. The van der Waals surface area contributed by atoms with Crippen LogP contribution in [0.5, 0.6) is 5.75 Å². The van der Waals surface area contributed by atoms with Gasteiger partial charge in [0, 0.05) is 19.4 Å². The van der Waals surface area contributed by atoms with Crippen molar-refractivity contribution in [3.8, 4) is 5.75 Å². The summed E-state index contributed by atoms with van der Waals surface area (Å²) in [6.45, 7) is 1.50. The van der Waals surface area contributed by atoms with Gasteiger partial charge in [-0.25, -0.2) is 0 Å². The Morgan fingerprint density at radius 1 is 1.19 bits per heavy atom. The number of unbranched alkanes of at least 4 members (excludes halogenated alkanes) is 2. The fourth-order valence-electron chi connectivity index (χ4n) is 3.58. The average molecular weight is 371 g/mol. The molecule has 1 aliphatic carbocycles. The second kappa shape index (κ2) is 10.3. The Hall–Kier alpha value is -2.14. The van der Waals surface area contributed by atoms with Gasteiger partial charge < -0.3 is 14.3 Å². The third-order valence-electron chi connectivity index (χ3n) is 5.17. The summed E-state index contributed by atoms with van der Waals surface area (Å²) >= 11 is 0. The average Bonchev–Trinajstić information content (AvgIpc) is 2.71. The Kier molecular flexibility index (Phi) is 7.45. The monoisotopic (exact) mass is 371 g/mol. The molecule has 1 aromatic carbocycles. The standard InChI is InChI=1S/C22H29NO4/c24-13-6-2-5-12-23-14-18-16-27-20-11-7-10-19(21(20)22(18)25)26-15-17-8-3-1-4-9-17/h7,10-11,14,16-17,24H,1-6,8-9,12-13,15H2. The highest BCUT2D eigenvalue weighted by Gasteiger charge is 2.16. The van der Waals surface area contributed by atoms with Crippen LogP contribution in [0.15, 0.2) is 38.7 Å². The highest BCUT2D eigenvalue weighted by atomic mass is 16.5. The molecule has 0 amide bonds. The SMILES string of the molecule is O=c1c(C=NCCCCCO)coc2cccc(OCC3CCCCC3)c12. The molecular formula is C22H29NO4. The number of nitrogens with zero attached hydrogens (tertiary/aromatic N) is 1. The van der Waals surface area contributed by atoms with Crippen molar-refractivity contribution < 1.29 is 14.3 Å². The quantitative estimate of drug-likeness (QED) is 0.526. The van der Waals surface area contributed by atoms with E-state index in [0.717, 1.165) is 19.3 Å². The summed E-state index contributed by atoms with van der Waals surface area (Å²) in [6.07, 6.45) is 11.9. The van der Waals surface area contributed by atoms with Crippen LogP contribution in [0.4, 0.5) is 0 Å². The molecule has 1 aliphatic rings. The van der Waals surface area contributed by atoms with Crippen LogP contribution in [0.2, 0.25) is 0 Å². The maximum Gasteiger partial charge on any atom is 0.205 e. The first-order valence-electron chi connectivity index (χ1n) is 10.1. The van der Waals surface area contributed by atoms with Crippen molar-refractivity contribution >= 4 is 17.2 Å². The molecule has 1 saturated carbocycles. The number of ether oxygens (including phenoxy) is 1. The van der Waals surface area contributed by atoms with Crippen LogP contribution < -0.4 is 10.2 Å². The topological polar surface area (TPSA) is 72.0 Å². The Morgan fingerprint density at radius 2 is 2.04 bits per heavy atom. The van der Waals surface area contributed by atoms with E-state index in [1.165, 1.54) is 38.4 Å². The van der Waals surface area contributed by atoms with E-state index >= 15 is 0 Å². The summed E-state index contributed by atoms with van der Waals surface area (Å²) in [4.78, 5) is 17.2. The van der Waals surface area contributed by atoms with Crippen molar-refractivity contribution in [3.05, 3.63) is 40.2 Å². The molecule has 1 heterocycles. The van der Waals surface area contributed by atoms with Crippen molar-refractivity contribution in [2.24, 2.45) is 10.9 Å². The van der Waals surface area contributed by atoms with Gasteiger partial charge in [0.05, 0.1) is 12.2 Å². The Balaban J connectivity index is 1.72. The number of aliphatic hydroxyl groups excluding tert-OH is 1. The first kappa shape index (κ1) is 19.6. The fraction of sp³-hybridized carbons (Fsp3) is 0.545. The van der Waals surface area contributed by atoms with Gasteiger partial charge in [-0.1, -0.05) is 25.3 Å². The minimum Gasteiger partial charge on any atom is -0.492 e. The van der Waals surface area contributed by atoms with E-state index in [0.29, 0.717) is 41.4 Å². The highest BCUT2D eigenvalue weighted by molar-refractivity contribution is 5.89. The number of fused-ring (bicyclic) bond motifs is 1. The zero-order chi connectivity index (χ0) is 18.9. The van der Waals surface area contributed by atoms with Crippen molar-refractivity contribution in [2.75, 3.05) is 19.8 Å². The maximum atomic E-state index is 12.9. The summed E-state index contributed by atoms with van der Waals surface area (Å²) in [6, 6.07) is 5.49. The van der Waals surface area contributed by atoms with Gasteiger partial charge in [0.25, 0.3) is 0 Å². The number of hydrogen-bond acceptors (Lipinski definition) is 5. The molecule has 0 atom stereocenters. The van der Waals surface area contributed by atoms with Crippen LogP contribution in [-0.2, 0) is 0 Å². The molecule has 0 bridgehead atoms. The summed E-state index contributed by atoms with van der Waals surface area (Å²) in [5.74, 6) is 1.18. The molecule has 1 N–H and O–H groups in total. The van der Waals surface area contributed by atoms with Crippen LogP contribution in [-0.4, -0.2) is 31.1 Å². The Bertz CT molecular complexity index is 806. The van der Waals surface area contributed by atoms with Crippen LogP contribution in [0.25, 0.3) is 11.0 Å². The number of hydrogen-bond donors (Lipinski definition) is 1. The predicted molar refractivity (Wildman–Crippen MR) is 108 cm³/mol. The minimum absolute atomic E-state index is 0.102. The lowest BCUT2D eigenvalue weighted by atomic mass is 9.90. The molecule has 146 valence electrons. The third-order valence-corrected chi connectivity index (χ3v) is 5.17. The van der Waals surface area contributed by atoms with Gasteiger partial charge in [0.1, 0.15) is 23.0 Å². The number of aliphatic imine (C=N–C) groups is 1. The van der Waals surface area contributed by atoms with Crippen LogP contribution in [0, 0.1) is 5.92 Å². The van der Waals surface area contributed by atoms with Crippen molar-refractivity contribution in [2.45, 2.75) is 51.4 Å². The van der Waals surface area contributed by atoms with E-state index < -0.39 is 0 Å². The van der Waals surface area contributed by atoms with Gasteiger partial charge in [-0.05, 0) is 50.2 Å². The van der Waals surface area contributed by atoms with Crippen molar-refractivity contribution in [1.29, 1.82) is 0 Å². The van der Waals surface area contributed by atoms with E-state index in [1.54, 1.807) is 12.3 Å². The fourth-order valence-corrected chi connectivity index (χ4v) is 3.58. The van der Waals surface area contributed by atoms with E-state index in [9.17, 15) is 4.79 Å².